The molecular formula is C14H14O4. The number of rotatable bonds is 2. The fourth-order valence-electron chi connectivity index (χ4n) is 1.84. The Labute approximate surface area is 105 Å². The summed E-state index contributed by atoms with van der Waals surface area (Å²) >= 11 is 0. The van der Waals surface area contributed by atoms with Gasteiger partial charge < -0.3 is 9.15 Å². The van der Waals surface area contributed by atoms with Gasteiger partial charge in [-0.1, -0.05) is 0 Å². The summed E-state index contributed by atoms with van der Waals surface area (Å²) in [6, 6.07) is 3.38. The van der Waals surface area contributed by atoms with Crippen LogP contribution in [0.1, 0.15) is 35.5 Å². The number of furan rings is 1. The molecule has 0 fully saturated rings. The number of ether oxygens (including phenoxy) is 1. The molecule has 2 aromatic rings. The van der Waals surface area contributed by atoms with Gasteiger partial charge in [0.1, 0.15) is 11.3 Å². The Hall–Kier alpha value is -2.10. The summed E-state index contributed by atoms with van der Waals surface area (Å²) in [6.45, 7) is 6.53. The number of hydrogen-bond donors (Lipinski definition) is 0. The molecule has 18 heavy (non-hydrogen) atoms. The fourth-order valence-corrected chi connectivity index (χ4v) is 1.84. The highest BCUT2D eigenvalue weighted by molar-refractivity contribution is 5.97. The minimum absolute atomic E-state index is 0.128. The zero-order chi connectivity index (χ0) is 13.4. The number of ketones is 1. The van der Waals surface area contributed by atoms with Crippen LogP contribution < -0.4 is 4.74 Å². The summed E-state index contributed by atoms with van der Waals surface area (Å²) < 4.78 is 10.6. The van der Waals surface area contributed by atoms with Crippen molar-refractivity contribution < 1.29 is 18.7 Å². The van der Waals surface area contributed by atoms with Crippen molar-refractivity contribution >= 4 is 22.7 Å². The second-order valence-corrected chi connectivity index (χ2v) is 4.30. The molecule has 2 rings (SSSR count). The number of fused-ring (bicyclic) bond motifs is 1. The van der Waals surface area contributed by atoms with Crippen LogP contribution in [0.15, 0.2) is 16.5 Å². The van der Waals surface area contributed by atoms with Gasteiger partial charge in [0.15, 0.2) is 11.5 Å². The first-order valence-electron chi connectivity index (χ1n) is 5.63. The molecule has 0 aliphatic rings. The van der Waals surface area contributed by atoms with E-state index >= 15 is 0 Å². The smallest absolute Gasteiger partial charge is 0.308 e. The summed E-state index contributed by atoms with van der Waals surface area (Å²) in [4.78, 5) is 22.3. The Kier molecular flexibility index (Phi) is 2.95. The maximum Gasteiger partial charge on any atom is 0.308 e. The summed E-state index contributed by atoms with van der Waals surface area (Å²) in [6.07, 6.45) is 0. The first kappa shape index (κ1) is 12.4. The predicted octanol–water partition coefficient (Wildman–Crippen LogP) is 3.18. The van der Waals surface area contributed by atoms with Crippen LogP contribution in [-0.4, -0.2) is 11.8 Å². The van der Waals surface area contributed by atoms with Gasteiger partial charge in [0, 0.05) is 19.2 Å². The number of esters is 1. The molecule has 1 aromatic heterocycles. The van der Waals surface area contributed by atoms with Gasteiger partial charge in [0.25, 0.3) is 0 Å². The van der Waals surface area contributed by atoms with Crippen molar-refractivity contribution in [2.24, 2.45) is 0 Å². The van der Waals surface area contributed by atoms with Crippen molar-refractivity contribution in [3.8, 4) is 5.75 Å². The number of aryl methyl sites for hydroxylation is 1. The van der Waals surface area contributed by atoms with E-state index in [1.807, 2.05) is 13.8 Å². The Morgan fingerprint density at radius 1 is 1.11 bits per heavy atom. The largest absolute Gasteiger partial charge is 0.453 e. The van der Waals surface area contributed by atoms with E-state index in [2.05, 4.69) is 0 Å². The molecule has 0 unspecified atom stereocenters. The molecule has 4 heteroatoms. The molecule has 94 valence electrons. The normalized spacial score (nSPS) is 10.7. The van der Waals surface area contributed by atoms with E-state index in [0.717, 1.165) is 16.5 Å². The van der Waals surface area contributed by atoms with Gasteiger partial charge in [-0.15, -0.1) is 0 Å². The minimum atomic E-state index is -0.368. The molecule has 1 heterocycles. The van der Waals surface area contributed by atoms with Gasteiger partial charge >= 0.3 is 5.97 Å². The average Bonchev–Trinajstić information content (AvgIpc) is 2.69. The highest BCUT2D eigenvalue weighted by Crippen LogP contribution is 2.32. The highest BCUT2D eigenvalue weighted by Gasteiger charge is 2.15. The van der Waals surface area contributed by atoms with Crippen molar-refractivity contribution in [2.75, 3.05) is 0 Å². The molecule has 0 aliphatic carbocycles. The Balaban J connectivity index is 2.67. The molecule has 0 atom stereocenters. The lowest BCUT2D eigenvalue weighted by Crippen LogP contribution is -2.03. The number of benzene rings is 1. The third-order valence-electron chi connectivity index (χ3n) is 2.92. The topological polar surface area (TPSA) is 56.5 Å². The van der Waals surface area contributed by atoms with Crippen LogP contribution in [0.4, 0.5) is 0 Å². The molecule has 0 saturated heterocycles. The third-order valence-corrected chi connectivity index (χ3v) is 2.92. The lowest BCUT2D eigenvalue weighted by atomic mass is 10.1. The third kappa shape index (κ3) is 2.01. The van der Waals surface area contributed by atoms with Crippen molar-refractivity contribution in [2.45, 2.75) is 27.7 Å². The van der Waals surface area contributed by atoms with E-state index in [4.69, 9.17) is 9.15 Å². The van der Waals surface area contributed by atoms with E-state index in [1.54, 1.807) is 12.1 Å². The number of carbonyl (C=O) groups is 2. The maximum atomic E-state index is 11.3. The Bertz CT molecular complexity index is 649. The monoisotopic (exact) mass is 246 g/mol. The van der Waals surface area contributed by atoms with Crippen LogP contribution in [0, 0.1) is 13.8 Å². The molecular weight excluding hydrogens is 232 g/mol. The van der Waals surface area contributed by atoms with E-state index < -0.39 is 0 Å². The van der Waals surface area contributed by atoms with Crippen molar-refractivity contribution in [1.82, 2.24) is 0 Å². The molecule has 0 amide bonds. The van der Waals surface area contributed by atoms with Crippen LogP contribution in [0.3, 0.4) is 0 Å². The molecule has 0 N–H and O–H groups in total. The average molecular weight is 246 g/mol. The highest BCUT2D eigenvalue weighted by atomic mass is 16.5. The second kappa shape index (κ2) is 4.29. The van der Waals surface area contributed by atoms with Gasteiger partial charge in [-0.3, -0.25) is 9.59 Å². The number of carbonyl (C=O) groups excluding carboxylic acids is 2. The van der Waals surface area contributed by atoms with Gasteiger partial charge in [0.05, 0.1) is 0 Å². The lowest BCUT2D eigenvalue weighted by molar-refractivity contribution is -0.131. The van der Waals surface area contributed by atoms with E-state index in [-0.39, 0.29) is 11.8 Å². The first-order valence-corrected chi connectivity index (χ1v) is 5.63. The predicted molar refractivity (Wildman–Crippen MR) is 67.0 cm³/mol. The molecule has 0 aliphatic heterocycles. The second-order valence-electron chi connectivity index (χ2n) is 4.30. The Morgan fingerprint density at radius 3 is 2.33 bits per heavy atom. The van der Waals surface area contributed by atoms with Crippen molar-refractivity contribution in [3.05, 3.63) is 29.0 Å². The summed E-state index contributed by atoms with van der Waals surface area (Å²) in [7, 11) is 0. The summed E-state index contributed by atoms with van der Waals surface area (Å²) in [5.74, 6) is 0.320. The van der Waals surface area contributed by atoms with Crippen LogP contribution in [0.2, 0.25) is 0 Å². The quantitative estimate of drug-likeness (QED) is 0.464. The van der Waals surface area contributed by atoms with E-state index in [1.165, 1.54) is 13.8 Å². The van der Waals surface area contributed by atoms with Crippen LogP contribution in [0.25, 0.3) is 11.0 Å². The number of Topliss-reactive ketones (excluding diaryl/α,β-unsaturated/α-hetero) is 1. The lowest BCUT2D eigenvalue weighted by Gasteiger charge is -2.08. The zero-order valence-electron chi connectivity index (χ0n) is 10.8. The standard InChI is InChI=1S/C14H14O4/c1-7-8(2)14-11(5-12(7)17-10(4)16)6-13(18-14)9(3)15/h5-6H,1-4H3. The van der Waals surface area contributed by atoms with Crippen LogP contribution in [0.5, 0.6) is 5.75 Å². The van der Waals surface area contributed by atoms with Crippen LogP contribution >= 0.6 is 0 Å². The molecule has 0 spiro atoms. The minimum Gasteiger partial charge on any atom is -0.453 e. The van der Waals surface area contributed by atoms with Gasteiger partial charge in [-0.05, 0) is 37.1 Å². The molecule has 4 nitrogen and oxygen atoms in total. The molecule has 0 radical (unpaired) electrons. The summed E-state index contributed by atoms with van der Waals surface area (Å²) in [5, 5.41) is 0.763. The van der Waals surface area contributed by atoms with Gasteiger partial charge in [-0.2, -0.15) is 0 Å². The fraction of sp³-hybridized carbons (Fsp3) is 0.286. The van der Waals surface area contributed by atoms with Crippen LogP contribution in [-0.2, 0) is 4.79 Å². The molecule has 1 aromatic carbocycles. The summed E-state index contributed by atoms with van der Waals surface area (Å²) in [5.41, 5.74) is 2.37. The Morgan fingerprint density at radius 2 is 1.78 bits per heavy atom. The SMILES string of the molecule is CC(=O)Oc1cc2cc(C(C)=O)oc2c(C)c1C. The van der Waals surface area contributed by atoms with Gasteiger partial charge in [-0.25, -0.2) is 0 Å². The molecule has 0 bridgehead atoms. The van der Waals surface area contributed by atoms with Crippen molar-refractivity contribution in [1.29, 1.82) is 0 Å². The van der Waals surface area contributed by atoms with Crippen molar-refractivity contribution in [3.63, 3.8) is 0 Å². The number of hydrogen-bond acceptors (Lipinski definition) is 4. The van der Waals surface area contributed by atoms with Gasteiger partial charge in [0.2, 0.25) is 0 Å². The maximum absolute atomic E-state index is 11.3. The van der Waals surface area contributed by atoms with E-state index in [0.29, 0.717) is 17.1 Å². The molecule has 0 saturated carbocycles. The van der Waals surface area contributed by atoms with E-state index in [9.17, 15) is 9.59 Å². The first-order chi connectivity index (χ1) is 8.40. The zero-order valence-corrected chi connectivity index (χ0v) is 10.8.